The van der Waals surface area contributed by atoms with Gasteiger partial charge in [-0.25, -0.2) is 9.97 Å². The number of hydrogen-bond acceptors (Lipinski definition) is 5. The third-order valence-corrected chi connectivity index (χ3v) is 9.28. The SMILES string of the molecule is COCC1(CN(C)c2cc(-c3cc(C(F)(F)F)cc(C(F)(F)F)c3)nc3nc(-c4ccc(N5CCCCC5)cc4)[nH]c23)CCCC1. The Morgan fingerprint density at radius 2 is 1.46 bits per heavy atom. The van der Waals surface area contributed by atoms with Crippen LogP contribution in [0.1, 0.15) is 56.1 Å². The van der Waals surface area contributed by atoms with Gasteiger partial charge in [-0.1, -0.05) is 12.8 Å². The van der Waals surface area contributed by atoms with Crippen LogP contribution in [0.15, 0.2) is 48.5 Å². The molecule has 246 valence electrons. The van der Waals surface area contributed by atoms with Gasteiger partial charge in [0.2, 0.25) is 0 Å². The monoisotopic (exact) mass is 645 g/mol. The molecule has 0 amide bonds. The van der Waals surface area contributed by atoms with Crippen molar-refractivity contribution < 1.29 is 31.1 Å². The third kappa shape index (κ3) is 6.67. The number of rotatable bonds is 8. The summed E-state index contributed by atoms with van der Waals surface area (Å²) in [5.41, 5.74) is 0.0000413. The first-order chi connectivity index (χ1) is 21.8. The molecule has 4 aromatic rings. The van der Waals surface area contributed by atoms with Gasteiger partial charge in [-0.15, -0.1) is 0 Å². The number of aromatic amines is 1. The Morgan fingerprint density at radius 1 is 0.826 bits per heavy atom. The van der Waals surface area contributed by atoms with Crippen LogP contribution in [0.5, 0.6) is 0 Å². The van der Waals surface area contributed by atoms with Crippen molar-refractivity contribution >= 4 is 22.5 Å². The second-order valence-electron chi connectivity index (χ2n) is 12.7. The van der Waals surface area contributed by atoms with Crippen molar-refractivity contribution in [3.05, 3.63) is 59.7 Å². The standard InChI is InChI=1S/C34H37F6N5O/c1-44(20-32(21-46-2)12-4-5-13-32)28-19-27(23-16-24(33(35,36)37)18-25(17-23)34(38,39)40)41-31-29(28)42-30(43-31)22-8-10-26(11-9-22)45-14-6-3-7-15-45/h8-11,16-19H,3-7,12-15,20-21H2,1-2H3,(H,41,42,43). The number of methoxy groups -OCH3 is 1. The normalized spacial score (nSPS) is 17.2. The summed E-state index contributed by atoms with van der Waals surface area (Å²) < 4.78 is 88.2. The third-order valence-electron chi connectivity index (χ3n) is 9.28. The van der Waals surface area contributed by atoms with Crippen LogP contribution >= 0.6 is 0 Å². The molecular formula is C34H37F6N5O. The molecule has 6 rings (SSSR count). The summed E-state index contributed by atoms with van der Waals surface area (Å²) in [6, 6.07) is 11.1. The average molecular weight is 646 g/mol. The van der Waals surface area contributed by atoms with Gasteiger partial charge in [0, 0.05) is 56.0 Å². The molecule has 0 bridgehead atoms. The number of aromatic nitrogens is 3. The maximum absolute atomic E-state index is 13.8. The molecule has 2 fully saturated rings. The molecule has 0 atom stereocenters. The Bertz CT molecular complexity index is 1640. The predicted octanol–water partition coefficient (Wildman–Crippen LogP) is 8.96. The number of piperidine rings is 1. The summed E-state index contributed by atoms with van der Waals surface area (Å²) in [6.07, 6.45) is -2.41. The van der Waals surface area contributed by atoms with E-state index in [1.807, 2.05) is 36.2 Å². The van der Waals surface area contributed by atoms with E-state index in [1.165, 1.54) is 6.42 Å². The van der Waals surface area contributed by atoms with Crippen LogP contribution in [0.2, 0.25) is 0 Å². The van der Waals surface area contributed by atoms with E-state index >= 15 is 0 Å². The molecule has 2 aromatic heterocycles. The van der Waals surface area contributed by atoms with Crippen LogP contribution in [0.25, 0.3) is 33.8 Å². The Labute approximate surface area is 263 Å². The molecule has 12 heteroatoms. The highest BCUT2D eigenvalue weighted by Gasteiger charge is 2.38. The van der Waals surface area contributed by atoms with Gasteiger partial charge in [-0.3, -0.25) is 0 Å². The van der Waals surface area contributed by atoms with Gasteiger partial charge in [-0.2, -0.15) is 26.3 Å². The fourth-order valence-corrected chi connectivity index (χ4v) is 7.01. The fourth-order valence-electron chi connectivity index (χ4n) is 7.01. The summed E-state index contributed by atoms with van der Waals surface area (Å²) >= 11 is 0. The van der Waals surface area contributed by atoms with E-state index in [2.05, 4.69) is 14.9 Å². The number of fused-ring (bicyclic) bond motifs is 1. The molecule has 0 radical (unpaired) electrons. The van der Waals surface area contributed by atoms with E-state index in [4.69, 9.17) is 9.72 Å². The number of pyridine rings is 1. The molecule has 2 aromatic carbocycles. The number of ether oxygens (including phenoxy) is 1. The van der Waals surface area contributed by atoms with Gasteiger partial charge >= 0.3 is 12.4 Å². The van der Waals surface area contributed by atoms with E-state index in [-0.39, 0.29) is 28.4 Å². The second kappa shape index (κ2) is 12.4. The lowest BCUT2D eigenvalue weighted by atomic mass is 9.86. The molecule has 1 aliphatic heterocycles. The lowest BCUT2D eigenvalue weighted by Gasteiger charge is -2.34. The number of imidazole rings is 1. The average Bonchev–Trinajstić information content (AvgIpc) is 3.67. The van der Waals surface area contributed by atoms with Gasteiger partial charge < -0.3 is 19.5 Å². The number of H-pyrrole nitrogens is 1. The minimum Gasteiger partial charge on any atom is -0.384 e. The fraction of sp³-hybridized carbons (Fsp3) is 0.471. The van der Waals surface area contributed by atoms with Crippen molar-refractivity contribution in [3.8, 4) is 22.6 Å². The smallest absolute Gasteiger partial charge is 0.384 e. The zero-order valence-electron chi connectivity index (χ0n) is 25.9. The van der Waals surface area contributed by atoms with Crippen LogP contribution in [0.3, 0.4) is 0 Å². The quantitative estimate of drug-likeness (QED) is 0.194. The molecule has 1 aliphatic carbocycles. The number of nitrogens with one attached hydrogen (secondary N) is 1. The van der Waals surface area contributed by atoms with Crippen LogP contribution in [0, 0.1) is 5.41 Å². The van der Waals surface area contributed by atoms with Crippen molar-refractivity contribution in [1.82, 2.24) is 15.0 Å². The van der Waals surface area contributed by atoms with Gasteiger partial charge in [0.15, 0.2) is 5.65 Å². The molecule has 6 nitrogen and oxygen atoms in total. The number of benzene rings is 2. The first-order valence-corrected chi connectivity index (χ1v) is 15.6. The molecule has 1 saturated heterocycles. The Balaban J connectivity index is 1.46. The molecule has 0 spiro atoms. The van der Waals surface area contributed by atoms with Gasteiger partial charge in [0.25, 0.3) is 0 Å². The van der Waals surface area contributed by atoms with Crippen molar-refractivity contribution in [2.24, 2.45) is 5.41 Å². The zero-order valence-corrected chi connectivity index (χ0v) is 25.9. The van der Waals surface area contributed by atoms with Crippen LogP contribution in [-0.4, -0.2) is 55.4 Å². The number of nitrogens with zero attached hydrogens (tertiary/aromatic N) is 4. The molecule has 1 saturated carbocycles. The molecule has 46 heavy (non-hydrogen) atoms. The molecule has 2 aliphatic rings. The van der Waals surface area contributed by atoms with Gasteiger partial charge in [0.1, 0.15) is 11.3 Å². The van der Waals surface area contributed by atoms with E-state index in [9.17, 15) is 26.3 Å². The van der Waals surface area contributed by atoms with Crippen molar-refractivity contribution in [2.45, 2.75) is 57.3 Å². The first-order valence-electron chi connectivity index (χ1n) is 15.6. The highest BCUT2D eigenvalue weighted by atomic mass is 19.4. The lowest BCUT2D eigenvalue weighted by molar-refractivity contribution is -0.143. The Hall–Kier alpha value is -3.80. The maximum Gasteiger partial charge on any atom is 0.416 e. The largest absolute Gasteiger partial charge is 0.416 e. The van der Waals surface area contributed by atoms with E-state index in [1.54, 1.807) is 13.2 Å². The second-order valence-corrected chi connectivity index (χ2v) is 12.7. The first kappa shape index (κ1) is 32.2. The van der Waals surface area contributed by atoms with Crippen molar-refractivity contribution in [3.63, 3.8) is 0 Å². The molecule has 3 heterocycles. The maximum atomic E-state index is 13.8. The Morgan fingerprint density at radius 3 is 2.04 bits per heavy atom. The van der Waals surface area contributed by atoms with E-state index < -0.39 is 23.5 Å². The van der Waals surface area contributed by atoms with Crippen LogP contribution < -0.4 is 9.80 Å². The zero-order chi connectivity index (χ0) is 32.7. The summed E-state index contributed by atoms with van der Waals surface area (Å²) in [4.78, 5) is 16.9. The summed E-state index contributed by atoms with van der Waals surface area (Å²) in [7, 11) is 3.53. The van der Waals surface area contributed by atoms with E-state index in [0.29, 0.717) is 42.3 Å². The summed E-state index contributed by atoms with van der Waals surface area (Å²) in [5, 5.41) is 0. The molecular weight excluding hydrogens is 608 g/mol. The van der Waals surface area contributed by atoms with Gasteiger partial charge in [0.05, 0.1) is 29.1 Å². The van der Waals surface area contributed by atoms with E-state index in [0.717, 1.165) is 62.9 Å². The highest BCUT2D eigenvalue weighted by molar-refractivity contribution is 5.91. The number of alkyl halides is 6. The number of anilines is 2. The van der Waals surface area contributed by atoms with Crippen LogP contribution in [-0.2, 0) is 17.1 Å². The van der Waals surface area contributed by atoms with Crippen LogP contribution in [0.4, 0.5) is 37.7 Å². The predicted molar refractivity (Wildman–Crippen MR) is 167 cm³/mol. The minimum atomic E-state index is -4.98. The lowest BCUT2D eigenvalue weighted by Crippen LogP contribution is -2.37. The molecule has 1 N–H and O–H groups in total. The summed E-state index contributed by atoms with van der Waals surface area (Å²) in [6.45, 7) is 3.12. The topological polar surface area (TPSA) is 57.3 Å². The number of halogens is 6. The summed E-state index contributed by atoms with van der Waals surface area (Å²) in [5.74, 6) is 0.506. The molecule has 0 unspecified atom stereocenters. The number of hydrogen-bond donors (Lipinski definition) is 1. The van der Waals surface area contributed by atoms with Crippen molar-refractivity contribution in [1.29, 1.82) is 0 Å². The highest BCUT2D eigenvalue weighted by Crippen LogP contribution is 2.42. The Kier molecular flexibility index (Phi) is 8.69. The van der Waals surface area contributed by atoms with Crippen molar-refractivity contribution in [2.75, 3.05) is 50.2 Å². The van der Waals surface area contributed by atoms with Gasteiger partial charge in [-0.05, 0) is 80.6 Å². The minimum absolute atomic E-state index is 0.0309.